The van der Waals surface area contributed by atoms with E-state index in [4.69, 9.17) is 14.2 Å². The van der Waals surface area contributed by atoms with Crippen LogP contribution in [0, 0.1) is 11.3 Å². The minimum absolute atomic E-state index is 0.236. The summed E-state index contributed by atoms with van der Waals surface area (Å²) >= 11 is 1.35. The number of hydrogen-bond donors (Lipinski definition) is 0. The molecule has 0 aliphatic carbocycles. The Hall–Kier alpha value is -3.02. The van der Waals surface area contributed by atoms with Gasteiger partial charge in [-0.15, -0.1) is 11.3 Å². The van der Waals surface area contributed by atoms with Crippen molar-refractivity contribution >= 4 is 21.2 Å². The number of thiophene rings is 1. The van der Waals surface area contributed by atoms with Crippen molar-refractivity contribution in [3.05, 3.63) is 59.0 Å². The average Bonchev–Trinajstić information content (AvgIpc) is 3.14. The topological polar surface area (TPSA) is 85.6 Å². The van der Waals surface area contributed by atoms with Gasteiger partial charge in [0.15, 0.2) is 26.4 Å². The summed E-state index contributed by atoms with van der Waals surface area (Å²) in [6.07, 6.45) is 1.17. The quantitative estimate of drug-likeness (QED) is 0.611. The van der Waals surface area contributed by atoms with Gasteiger partial charge in [-0.05, 0) is 35.4 Å². The summed E-state index contributed by atoms with van der Waals surface area (Å²) in [5, 5.41) is 12.1. The lowest BCUT2D eigenvalue weighted by Crippen LogP contribution is -2.15. The molecule has 0 radical (unpaired) electrons. The van der Waals surface area contributed by atoms with E-state index in [9.17, 15) is 13.7 Å². The number of fused-ring (bicyclic) bond motifs is 1. The molecule has 8 heteroatoms. The number of rotatable bonds is 5. The first-order valence-electron chi connectivity index (χ1n) is 8.79. The molecule has 29 heavy (non-hydrogen) atoms. The molecule has 0 atom stereocenters. The molecule has 0 bridgehead atoms. The van der Waals surface area contributed by atoms with E-state index in [0.29, 0.717) is 35.3 Å². The highest BCUT2D eigenvalue weighted by Gasteiger charge is 2.18. The van der Waals surface area contributed by atoms with Gasteiger partial charge in [0, 0.05) is 17.2 Å². The van der Waals surface area contributed by atoms with Gasteiger partial charge in [0.1, 0.15) is 31.5 Å². The maximum Gasteiger partial charge on any atom is 0.192 e. The number of hydrogen-bond acceptors (Lipinski definition) is 7. The van der Waals surface area contributed by atoms with Crippen LogP contribution < -0.4 is 14.2 Å². The number of nitriles is 1. The fraction of sp³-hybridized carbons (Fsp3) is 0.190. The zero-order chi connectivity index (χ0) is 20.4. The highest BCUT2D eigenvalue weighted by Crippen LogP contribution is 2.40. The molecule has 1 aliphatic heterocycles. The molecule has 148 valence electrons. The first kappa shape index (κ1) is 19.3. The van der Waals surface area contributed by atoms with Gasteiger partial charge in [0.25, 0.3) is 0 Å². The van der Waals surface area contributed by atoms with E-state index in [0.717, 1.165) is 16.7 Å². The van der Waals surface area contributed by atoms with Gasteiger partial charge in [-0.2, -0.15) is 5.26 Å². The molecular weight excluding hydrogens is 410 g/mol. The van der Waals surface area contributed by atoms with Crippen LogP contribution in [-0.2, 0) is 16.4 Å². The maximum atomic E-state index is 11.6. The Labute approximate surface area is 172 Å². The van der Waals surface area contributed by atoms with E-state index in [-0.39, 0.29) is 11.5 Å². The first-order valence-corrected chi connectivity index (χ1v) is 11.6. The number of ether oxygens (including phenoxy) is 3. The molecule has 4 rings (SSSR count). The van der Waals surface area contributed by atoms with Crippen LogP contribution in [0.25, 0.3) is 11.1 Å². The lowest BCUT2D eigenvalue weighted by molar-refractivity contribution is 0.171. The molecule has 1 aliphatic rings. The lowest BCUT2D eigenvalue weighted by atomic mass is 10.0. The number of benzene rings is 2. The summed E-state index contributed by atoms with van der Waals surface area (Å²) in [4.78, 5) is 0.260. The lowest BCUT2D eigenvalue weighted by Gasteiger charge is -2.18. The van der Waals surface area contributed by atoms with E-state index in [1.807, 2.05) is 23.6 Å². The molecule has 6 nitrogen and oxygen atoms in total. The second kappa shape index (κ2) is 7.78. The summed E-state index contributed by atoms with van der Waals surface area (Å²) in [5.41, 5.74) is 2.90. The Kier molecular flexibility index (Phi) is 5.18. The molecule has 0 N–H and O–H groups in total. The summed E-state index contributed by atoms with van der Waals surface area (Å²) < 4.78 is 40.1. The zero-order valence-corrected chi connectivity index (χ0v) is 17.2. The van der Waals surface area contributed by atoms with E-state index < -0.39 is 9.84 Å². The van der Waals surface area contributed by atoms with E-state index in [2.05, 4.69) is 6.07 Å². The van der Waals surface area contributed by atoms with Gasteiger partial charge < -0.3 is 14.2 Å². The van der Waals surface area contributed by atoms with Crippen LogP contribution in [0.4, 0.5) is 0 Å². The SMILES string of the molecule is CS(=O)(=O)c1ccc(COc2scc(-c3ccc4c(c3)OCCO4)c2C#N)cc1. The zero-order valence-electron chi connectivity index (χ0n) is 15.5. The fourth-order valence-electron chi connectivity index (χ4n) is 2.96. The van der Waals surface area contributed by atoms with Gasteiger partial charge in [-0.3, -0.25) is 0 Å². The Balaban J connectivity index is 1.54. The van der Waals surface area contributed by atoms with Crippen molar-refractivity contribution in [3.63, 3.8) is 0 Å². The number of nitrogens with zero attached hydrogens (tertiary/aromatic N) is 1. The minimum atomic E-state index is -3.23. The molecule has 2 aromatic carbocycles. The fourth-order valence-corrected chi connectivity index (χ4v) is 4.47. The Bertz CT molecular complexity index is 1190. The third-order valence-corrected chi connectivity index (χ3v) is 6.46. The summed E-state index contributed by atoms with van der Waals surface area (Å²) in [5.74, 6) is 1.36. The summed E-state index contributed by atoms with van der Waals surface area (Å²) in [6, 6.07) is 14.3. The highest BCUT2D eigenvalue weighted by molar-refractivity contribution is 7.90. The van der Waals surface area contributed by atoms with Crippen molar-refractivity contribution in [1.82, 2.24) is 0 Å². The van der Waals surface area contributed by atoms with Gasteiger partial charge in [-0.25, -0.2) is 8.42 Å². The van der Waals surface area contributed by atoms with Gasteiger partial charge in [0.05, 0.1) is 4.90 Å². The predicted octanol–water partition coefficient (Wildman–Crippen LogP) is 4.04. The molecule has 1 aromatic heterocycles. The first-order chi connectivity index (χ1) is 14.0. The van der Waals surface area contributed by atoms with Gasteiger partial charge >= 0.3 is 0 Å². The van der Waals surface area contributed by atoms with Crippen LogP contribution in [0.2, 0.25) is 0 Å². The van der Waals surface area contributed by atoms with E-state index >= 15 is 0 Å². The number of sulfone groups is 1. The van der Waals surface area contributed by atoms with Crippen LogP contribution in [0.15, 0.2) is 52.7 Å². The third kappa shape index (κ3) is 4.06. The Morgan fingerprint density at radius 2 is 1.83 bits per heavy atom. The molecular formula is C21H17NO5S2. The highest BCUT2D eigenvalue weighted by atomic mass is 32.2. The van der Waals surface area contributed by atoms with Crippen molar-refractivity contribution in [1.29, 1.82) is 5.26 Å². The smallest absolute Gasteiger partial charge is 0.192 e. The van der Waals surface area contributed by atoms with Crippen molar-refractivity contribution < 1.29 is 22.6 Å². The van der Waals surface area contributed by atoms with Crippen LogP contribution in [0.1, 0.15) is 11.1 Å². The van der Waals surface area contributed by atoms with Crippen LogP contribution in [0.5, 0.6) is 16.6 Å². The van der Waals surface area contributed by atoms with E-state index in [1.165, 1.54) is 17.6 Å². The molecule has 0 spiro atoms. The van der Waals surface area contributed by atoms with E-state index in [1.54, 1.807) is 24.3 Å². The van der Waals surface area contributed by atoms with Crippen molar-refractivity contribution in [3.8, 4) is 33.8 Å². The maximum absolute atomic E-state index is 11.6. The Morgan fingerprint density at radius 3 is 2.52 bits per heavy atom. The molecule has 0 unspecified atom stereocenters. The molecule has 0 fully saturated rings. The standard InChI is InChI=1S/C21H17NO5S2/c1-29(23,24)16-5-2-14(3-6-16)12-27-21-17(11-22)18(13-28-21)15-4-7-19-20(10-15)26-9-8-25-19/h2-7,10,13H,8-9,12H2,1H3. The molecule has 0 saturated heterocycles. The van der Waals surface area contributed by atoms with Crippen LogP contribution >= 0.6 is 11.3 Å². The molecule has 0 saturated carbocycles. The third-order valence-electron chi connectivity index (χ3n) is 4.44. The summed E-state index contributed by atoms with van der Waals surface area (Å²) in [7, 11) is -3.23. The largest absolute Gasteiger partial charge is 0.486 e. The van der Waals surface area contributed by atoms with Gasteiger partial charge in [0.2, 0.25) is 0 Å². The Morgan fingerprint density at radius 1 is 1.10 bits per heavy atom. The second-order valence-electron chi connectivity index (χ2n) is 6.49. The monoisotopic (exact) mass is 427 g/mol. The second-order valence-corrected chi connectivity index (χ2v) is 9.34. The van der Waals surface area contributed by atoms with Crippen molar-refractivity contribution in [2.45, 2.75) is 11.5 Å². The van der Waals surface area contributed by atoms with Crippen LogP contribution in [0.3, 0.4) is 0 Å². The normalized spacial score (nSPS) is 13.0. The molecule has 2 heterocycles. The van der Waals surface area contributed by atoms with Crippen molar-refractivity contribution in [2.24, 2.45) is 0 Å². The summed E-state index contributed by atoms with van der Waals surface area (Å²) in [6.45, 7) is 1.26. The molecule has 0 amide bonds. The predicted molar refractivity (Wildman–Crippen MR) is 109 cm³/mol. The molecule has 3 aromatic rings. The van der Waals surface area contributed by atoms with Crippen molar-refractivity contribution in [2.75, 3.05) is 19.5 Å². The van der Waals surface area contributed by atoms with Gasteiger partial charge in [-0.1, -0.05) is 18.2 Å². The minimum Gasteiger partial charge on any atom is -0.486 e. The van der Waals surface area contributed by atoms with Crippen LogP contribution in [-0.4, -0.2) is 27.9 Å². The average molecular weight is 428 g/mol.